The van der Waals surface area contributed by atoms with Crippen LogP contribution >= 0.6 is 0 Å². The van der Waals surface area contributed by atoms with Gasteiger partial charge in [-0.25, -0.2) is 9.37 Å². The van der Waals surface area contributed by atoms with Crippen LogP contribution < -0.4 is 5.73 Å². The molecule has 1 aromatic carbocycles. The molecule has 2 N–H and O–H groups in total. The van der Waals surface area contributed by atoms with E-state index in [1.165, 1.54) is 6.07 Å². The summed E-state index contributed by atoms with van der Waals surface area (Å²) >= 11 is 0. The molecule has 0 fully saturated rings. The topological polar surface area (TPSA) is 43.8 Å². The number of imidazole rings is 1. The second kappa shape index (κ2) is 3.96. The zero-order valence-corrected chi connectivity index (χ0v) is 9.37. The summed E-state index contributed by atoms with van der Waals surface area (Å²) in [7, 11) is 1.85. The minimum Gasteiger partial charge on any atom is -0.369 e. The first-order chi connectivity index (χ1) is 7.59. The van der Waals surface area contributed by atoms with E-state index in [1.807, 2.05) is 20.0 Å². The standard InChI is InChI=1S/C12H14FN3/c1-8-11(15-12(14)16(8)2)7-9-5-3-4-6-10(9)13/h3-6H,7H2,1-2H3,(H2,14,15). The van der Waals surface area contributed by atoms with Crippen LogP contribution in [-0.4, -0.2) is 9.55 Å². The quantitative estimate of drug-likeness (QED) is 0.840. The molecule has 0 saturated carbocycles. The molecule has 0 aliphatic carbocycles. The van der Waals surface area contributed by atoms with Crippen molar-refractivity contribution in [3.8, 4) is 0 Å². The van der Waals surface area contributed by atoms with E-state index in [4.69, 9.17) is 5.73 Å². The Labute approximate surface area is 93.7 Å². The summed E-state index contributed by atoms with van der Waals surface area (Å²) in [4.78, 5) is 4.22. The first kappa shape index (κ1) is 10.7. The lowest BCUT2D eigenvalue weighted by atomic mass is 10.1. The molecule has 1 heterocycles. The van der Waals surface area contributed by atoms with Crippen LogP contribution in [-0.2, 0) is 13.5 Å². The van der Waals surface area contributed by atoms with E-state index in [9.17, 15) is 4.39 Å². The number of hydrogen-bond donors (Lipinski definition) is 1. The van der Waals surface area contributed by atoms with E-state index in [0.717, 1.165) is 11.4 Å². The van der Waals surface area contributed by atoms with Crippen molar-refractivity contribution in [2.45, 2.75) is 13.3 Å². The minimum absolute atomic E-state index is 0.203. The zero-order valence-electron chi connectivity index (χ0n) is 9.37. The van der Waals surface area contributed by atoms with Gasteiger partial charge < -0.3 is 10.3 Å². The Hall–Kier alpha value is -1.84. The summed E-state index contributed by atoms with van der Waals surface area (Å²) < 4.78 is 15.3. The van der Waals surface area contributed by atoms with Gasteiger partial charge in [-0.1, -0.05) is 18.2 Å². The number of aromatic nitrogens is 2. The Balaban J connectivity index is 2.34. The number of nitrogen functional groups attached to an aromatic ring is 1. The van der Waals surface area contributed by atoms with Gasteiger partial charge in [-0.15, -0.1) is 0 Å². The average Bonchev–Trinajstić information content (AvgIpc) is 2.50. The molecular formula is C12H14FN3. The van der Waals surface area contributed by atoms with Crippen molar-refractivity contribution in [1.82, 2.24) is 9.55 Å². The predicted octanol–water partition coefficient (Wildman–Crippen LogP) is 2.04. The highest BCUT2D eigenvalue weighted by atomic mass is 19.1. The van der Waals surface area contributed by atoms with E-state index in [-0.39, 0.29) is 5.82 Å². The van der Waals surface area contributed by atoms with Crippen molar-refractivity contribution in [1.29, 1.82) is 0 Å². The Morgan fingerprint density at radius 3 is 2.62 bits per heavy atom. The smallest absolute Gasteiger partial charge is 0.200 e. The molecule has 0 aliphatic heterocycles. The minimum atomic E-state index is -0.203. The first-order valence-electron chi connectivity index (χ1n) is 5.10. The Bertz CT molecular complexity index is 517. The highest BCUT2D eigenvalue weighted by Crippen LogP contribution is 2.17. The lowest BCUT2D eigenvalue weighted by Crippen LogP contribution is -1.98. The van der Waals surface area contributed by atoms with Crippen molar-refractivity contribution in [2.75, 3.05) is 5.73 Å². The molecule has 0 saturated heterocycles. The second-order valence-corrected chi connectivity index (χ2v) is 3.83. The van der Waals surface area contributed by atoms with Gasteiger partial charge in [-0.2, -0.15) is 0 Å². The number of hydrogen-bond acceptors (Lipinski definition) is 2. The lowest BCUT2D eigenvalue weighted by molar-refractivity contribution is 0.613. The number of rotatable bonds is 2. The van der Waals surface area contributed by atoms with E-state index in [2.05, 4.69) is 4.98 Å². The number of anilines is 1. The molecular weight excluding hydrogens is 205 g/mol. The summed E-state index contributed by atoms with van der Waals surface area (Å²) in [5.74, 6) is 0.259. The summed E-state index contributed by atoms with van der Waals surface area (Å²) in [5, 5.41) is 0. The molecule has 0 bridgehead atoms. The third-order valence-corrected chi connectivity index (χ3v) is 2.83. The maximum Gasteiger partial charge on any atom is 0.200 e. The molecule has 0 amide bonds. The van der Waals surface area contributed by atoms with E-state index in [1.54, 1.807) is 16.7 Å². The van der Waals surface area contributed by atoms with Crippen LogP contribution in [0.25, 0.3) is 0 Å². The van der Waals surface area contributed by atoms with Crippen LogP contribution in [0, 0.1) is 12.7 Å². The van der Waals surface area contributed by atoms with Crippen LogP contribution in [0.5, 0.6) is 0 Å². The summed E-state index contributed by atoms with van der Waals surface area (Å²) in [5.41, 5.74) is 8.13. The van der Waals surface area contributed by atoms with Crippen LogP contribution in [0.2, 0.25) is 0 Å². The molecule has 2 rings (SSSR count). The van der Waals surface area contributed by atoms with Crippen molar-refractivity contribution in [2.24, 2.45) is 7.05 Å². The van der Waals surface area contributed by atoms with Crippen molar-refractivity contribution in [3.63, 3.8) is 0 Å². The van der Waals surface area contributed by atoms with Crippen LogP contribution in [0.1, 0.15) is 17.0 Å². The van der Waals surface area contributed by atoms with Gasteiger partial charge in [0, 0.05) is 19.2 Å². The summed E-state index contributed by atoms with van der Waals surface area (Å²) in [6.45, 7) is 1.93. The highest BCUT2D eigenvalue weighted by Gasteiger charge is 2.11. The average molecular weight is 219 g/mol. The van der Waals surface area contributed by atoms with Crippen molar-refractivity contribution in [3.05, 3.63) is 47.0 Å². The Morgan fingerprint density at radius 2 is 2.06 bits per heavy atom. The van der Waals surface area contributed by atoms with Crippen molar-refractivity contribution < 1.29 is 4.39 Å². The number of nitrogens with zero attached hydrogens (tertiary/aromatic N) is 2. The second-order valence-electron chi connectivity index (χ2n) is 3.83. The van der Waals surface area contributed by atoms with Gasteiger partial charge in [0.2, 0.25) is 0 Å². The lowest BCUT2D eigenvalue weighted by Gasteiger charge is -2.02. The van der Waals surface area contributed by atoms with E-state index < -0.39 is 0 Å². The maximum absolute atomic E-state index is 13.4. The highest BCUT2D eigenvalue weighted by molar-refractivity contribution is 5.32. The zero-order chi connectivity index (χ0) is 11.7. The van der Waals surface area contributed by atoms with E-state index in [0.29, 0.717) is 17.9 Å². The van der Waals surface area contributed by atoms with Gasteiger partial charge in [0.25, 0.3) is 0 Å². The van der Waals surface area contributed by atoms with Crippen LogP contribution in [0.4, 0.5) is 10.3 Å². The Kier molecular flexibility index (Phi) is 2.64. The summed E-state index contributed by atoms with van der Waals surface area (Å²) in [6, 6.07) is 6.72. The third-order valence-electron chi connectivity index (χ3n) is 2.83. The fourth-order valence-electron chi connectivity index (χ4n) is 1.65. The normalized spacial score (nSPS) is 10.7. The first-order valence-corrected chi connectivity index (χ1v) is 5.10. The monoisotopic (exact) mass is 219 g/mol. The molecule has 2 aromatic rings. The molecule has 0 unspecified atom stereocenters. The number of benzene rings is 1. The van der Waals surface area contributed by atoms with Gasteiger partial charge in [0.05, 0.1) is 5.69 Å². The molecule has 1 aromatic heterocycles. The van der Waals surface area contributed by atoms with E-state index >= 15 is 0 Å². The van der Waals surface area contributed by atoms with Gasteiger partial charge in [0.1, 0.15) is 5.82 Å². The van der Waals surface area contributed by atoms with Gasteiger partial charge >= 0.3 is 0 Å². The van der Waals surface area contributed by atoms with Crippen LogP contribution in [0.3, 0.4) is 0 Å². The fourth-order valence-corrected chi connectivity index (χ4v) is 1.65. The molecule has 84 valence electrons. The molecule has 16 heavy (non-hydrogen) atoms. The van der Waals surface area contributed by atoms with Gasteiger partial charge in [-0.3, -0.25) is 0 Å². The maximum atomic E-state index is 13.4. The fraction of sp³-hybridized carbons (Fsp3) is 0.250. The van der Waals surface area contributed by atoms with Crippen molar-refractivity contribution >= 4 is 5.95 Å². The summed E-state index contributed by atoms with van der Waals surface area (Å²) in [6.07, 6.45) is 0.476. The number of nitrogens with two attached hydrogens (primary N) is 1. The van der Waals surface area contributed by atoms with Gasteiger partial charge in [0.15, 0.2) is 5.95 Å². The molecule has 0 radical (unpaired) electrons. The molecule has 4 heteroatoms. The SMILES string of the molecule is Cc1c(Cc2ccccc2F)nc(N)n1C. The molecule has 0 atom stereocenters. The number of halogens is 1. The van der Waals surface area contributed by atoms with Crippen LogP contribution in [0.15, 0.2) is 24.3 Å². The van der Waals surface area contributed by atoms with Gasteiger partial charge in [-0.05, 0) is 18.6 Å². The predicted molar refractivity (Wildman–Crippen MR) is 61.6 cm³/mol. The third kappa shape index (κ3) is 1.78. The molecule has 3 nitrogen and oxygen atoms in total. The molecule has 0 spiro atoms. The molecule has 0 aliphatic rings. The largest absolute Gasteiger partial charge is 0.369 e. The Morgan fingerprint density at radius 1 is 1.38 bits per heavy atom.